The normalized spacial score (nSPS) is 14.6. The number of hydrogen-bond acceptors (Lipinski definition) is 3. The number of nitrogens with zero attached hydrogens (tertiary/aromatic N) is 1. The SMILES string of the molecule is CCOC(=O)c1[nH]c(C)c(CN(C(=O)c2ccc(F)cc2)C2CCCCC2)c1C. The van der Waals surface area contributed by atoms with Crippen molar-refractivity contribution in [3.63, 3.8) is 0 Å². The Bertz CT molecular complexity index is 867. The van der Waals surface area contributed by atoms with E-state index in [2.05, 4.69) is 4.98 Å². The first-order valence-corrected chi connectivity index (χ1v) is 10.3. The van der Waals surface area contributed by atoms with Crippen molar-refractivity contribution in [2.45, 2.75) is 65.5 Å². The van der Waals surface area contributed by atoms with E-state index in [9.17, 15) is 14.0 Å². The lowest BCUT2D eigenvalue weighted by Gasteiger charge is -2.35. The highest BCUT2D eigenvalue weighted by atomic mass is 19.1. The van der Waals surface area contributed by atoms with Crippen LogP contribution < -0.4 is 0 Å². The maximum Gasteiger partial charge on any atom is 0.355 e. The van der Waals surface area contributed by atoms with Gasteiger partial charge in [0.1, 0.15) is 11.5 Å². The van der Waals surface area contributed by atoms with Crippen LogP contribution in [0.2, 0.25) is 0 Å². The third-order valence-electron chi connectivity index (χ3n) is 5.77. The Morgan fingerprint density at radius 2 is 1.79 bits per heavy atom. The van der Waals surface area contributed by atoms with Gasteiger partial charge in [-0.15, -0.1) is 0 Å². The molecule has 1 saturated carbocycles. The highest BCUT2D eigenvalue weighted by Crippen LogP contribution is 2.28. The maximum atomic E-state index is 13.3. The van der Waals surface area contributed by atoms with Crippen molar-refractivity contribution in [2.75, 3.05) is 6.61 Å². The summed E-state index contributed by atoms with van der Waals surface area (Å²) in [5.41, 5.74) is 3.53. The van der Waals surface area contributed by atoms with Gasteiger partial charge in [-0.1, -0.05) is 19.3 Å². The molecule has 0 spiro atoms. The molecular weight excluding hydrogens is 371 g/mol. The molecule has 0 radical (unpaired) electrons. The van der Waals surface area contributed by atoms with Crippen LogP contribution in [0.25, 0.3) is 0 Å². The predicted molar refractivity (Wildman–Crippen MR) is 109 cm³/mol. The van der Waals surface area contributed by atoms with Crippen LogP contribution >= 0.6 is 0 Å². The zero-order chi connectivity index (χ0) is 21.0. The number of esters is 1. The number of halogens is 1. The summed E-state index contributed by atoms with van der Waals surface area (Å²) >= 11 is 0. The lowest BCUT2D eigenvalue weighted by molar-refractivity contribution is 0.0519. The number of H-pyrrole nitrogens is 1. The fourth-order valence-electron chi connectivity index (χ4n) is 4.12. The summed E-state index contributed by atoms with van der Waals surface area (Å²) in [7, 11) is 0. The molecule has 1 aromatic heterocycles. The summed E-state index contributed by atoms with van der Waals surface area (Å²) in [5, 5.41) is 0. The Morgan fingerprint density at radius 1 is 1.14 bits per heavy atom. The Hall–Kier alpha value is -2.63. The van der Waals surface area contributed by atoms with E-state index >= 15 is 0 Å². The molecule has 0 aliphatic heterocycles. The fraction of sp³-hybridized carbons (Fsp3) is 0.478. The van der Waals surface area contributed by atoms with E-state index in [0.717, 1.165) is 42.5 Å². The summed E-state index contributed by atoms with van der Waals surface area (Å²) in [4.78, 5) is 30.6. The van der Waals surface area contributed by atoms with Crippen LogP contribution in [0.15, 0.2) is 24.3 Å². The van der Waals surface area contributed by atoms with Gasteiger partial charge in [0, 0.05) is 23.8 Å². The molecule has 1 heterocycles. The van der Waals surface area contributed by atoms with Gasteiger partial charge in [0.2, 0.25) is 0 Å². The van der Waals surface area contributed by atoms with Gasteiger partial charge in [-0.3, -0.25) is 4.79 Å². The van der Waals surface area contributed by atoms with E-state index in [1.807, 2.05) is 18.7 Å². The van der Waals surface area contributed by atoms with Crippen LogP contribution in [0.3, 0.4) is 0 Å². The minimum Gasteiger partial charge on any atom is -0.461 e. The number of carbonyl (C=O) groups excluding carboxylic acids is 2. The van der Waals surface area contributed by atoms with Crippen molar-refractivity contribution in [1.82, 2.24) is 9.88 Å². The smallest absolute Gasteiger partial charge is 0.355 e. The van der Waals surface area contributed by atoms with Gasteiger partial charge in [-0.25, -0.2) is 9.18 Å². The molecule has 1 aliphatic rings. The molecule has 5 nitrogen and oxygen atoms in total. The quantitative estimate of drug-likeness (QED) is 0.700. The van der Waals surface area contributed by atoms with Gasteiger partial charge >= 0.3 is 5.97 Å². The number of carbonyl (C=O) groups is 2. The molecule has 2 aromatic rings. The van der Waals surface area contributed by atoms with Gasteiger partial charge in [0.05, 0.1) is 6.61 Å². The van der Waals surface area contributed by atoms with Crippen molar-refractivity contribution in [3.05, 3.63) is 58.2 Å². The maximum absolute atomic E-state index is 13.3. The van der Waals surface area contributed by atoms with E-state index in [4.69, 9.17) is 4.74 Å². The van der Waals surface area contributed by atoms with E-state index in [0.29, 0.717) is 24.4 Å². The van der Waals surface area contributed by atoms with E-state index in [1.54, 1.807) is 6.92 Å². The molecule has 3 rings (SSSR count). The summed E-state index contributed by atoms with van der Waals surface area (Å²) < 4.78 is 18.5. The van der Waals surface area contributed by atoms with Crippen molar-refractivity contribution in [1.29, 1.82) is 0 Å². The van der Waals surface area contributed by atoms with Crippen LogP contribution in [-0.4, -0.2) is 34.4 Å². The van der Waals surface area contributed by atoms with Crippen molar-refractivity contribution >= 4 is 11.9 Å². The molecule has 1 N–H and O–H groups in total. The molecule has 1 aromatic carbocycles. The molecular formula is C23H29FN2O3. The minimum absolute atomic E-state index is 0.102. The number of nitrogens with one attached hydrogen (secondary N) is 1. The highest BCUT2D eigenvalue weighted by molar-refractivity contribution is 5.94. The van der Waals surface area contributed by atoms with Gasteiger partial charge in [0.25, 0.3) is 5.91 Å². The highest BCUT2D eigenvalue weighted by Gasteiger charge is 2.29. The second kappa shape index (κ2) is 9.25. The average molecular weight is 400 g/mol. The van der Waals surface area contributed by atoms with Crippen molar-refractivity contribution < 1.29 is 18.7 Å². The fourth-order valence-corrected chi connectivity index (χ4v) is 4.12. The molecule has 1 amide bonds. The molecule has 1 aliphatic carbocycles. The summed E-state index contributed by atoms with van der Waals surface area (Å²) in [6.07, 6.45) is 5.29. The molecule has 1 fully saturated rings. The Labute approximate surface area is 171 Å². The van der Waals surface area contributed by atoms with Crippen LogP contribution in [-0.2, 0) is 11.3 Å². The minimum atomic E-state index is -0.381. The largest absolute Gasteiger partial charge is 0.461 e. The number of hydrogen-bond donors (Lipinski definition) is 1. The van der Waals surface area contributed by atoms with E-state index in [-0.39, 0.29) is 23.7 Å². The summed E-state index contributed by atoms with van der Waals surface area (Å²) in [6.45, 7) is 6.28. The molecule has 156 valence electrons. The van der Waals surface area contributed by atoms with Gasteiger partial charge in [0.15, 0.2) is 0 Å². The zero-order valence-corrected chi connectivity index (χ0v) is 17.4. The second-order valence-electron chi connectivity index (χ2n) is 7.68. The lowest BCUT2D eigenvalue weighted by Crippen LogP contribution is -2.41. The van der Waals surface area contributed by atoms with Crippen molar-refractivity contribution in [2.24, 2.45) is 0 Å². The van der Waals surface area contributed by atoms with E-state index in [1.165, 1.54) is 30.7 Å². The Morgan fingerprint density at radius 3 is 2.41 bits per heavy atom. The third kappa shape index (κ3) is 4.69. The molecule has 29 heavy (non-hydrogen) atoms. The number of amides is 1. The molecule has 6 heteroatoms. The average Bonchev–Trinajstić information content (AvgIpc) is 3.01. The predicted octanol–water partition coefficient (Wildman–Crippen LogP) is 4.92. The standard InChI is InChI=1S/C23H29FN2O3/c1-4-29-23(28)21-15(2)20(16(3)25-21)14-26(19-8-6-5-7-9-19)22(27)17-10-12-18(24)13-11-17/h10-13,19,25H,4-9,14H2,1-3H3. The molecule has 0 unspecified atom stereocenters. The van der Waals surface area contributed by atoms with Crippen LogP contribution in [0, 0.1) is 19.7 Å². The van der Waals surface area contributed by atoms with Crippen LogP contribution in [0.5, 0.6) is 0 Å². The number of ether oxygens (including phenoxy) is 1. The van der Waals surface area contributed by atoms with Gasteiger partial charge in [-0.05, 0) is 69.0 Å². The molecule has 0 atom stereocenters. The Balaban J connectivity index is 1.92. The first-order valence-electron chi connectivity index (χ1n) is 10.3. The summed E-state index contributed by atoms with van der Waals surface area (Å²) in [6, 6.07) is 5.85. The first kappa shape index (κ1) is 21.1. The van der Waals surface area contributed by atoms with Gasteiger partial charge in [-0.2, -0.15) is 0 Å². The molecule has 0 bridgehead atoms. The summed E-state index contributed by atoms with van der Waals surface area (Å²) in [5.74, 6) is -0.842. The number of aromatic nitrogens is 1. The number of aryl methyl sites for hydroxylation is 1. The molecule has 0 saturated heterocycles. The number of rotatable bonds is 6. The van der Waals surface area contributed by atoms with Crippen LogP contribution in [0.4, 0.5) is 4.39 Å². The van der Waals surface area contributed by atoms with Gasteiger partial charge < -0.3 is 14.6 Å². The monoisotopic (exact) mass is 400 g/mol. The lowest BCUT2D eigenvalue weighted by atomic mass is 9.93. The number of aromatic amines is 1. The number of benzene rings is 1. The zero-order valence-electron chi connectivity index (χ0n) is 17.4. The Kier molecular flexibility index (Phi) is 6.72. The second-order valence-corrected chi connectivity index (χ2v) is 7.68. The third-order valence-corrected chi connectivity index (χ3v) is 5.77. The van der Waals surface area contributed by atoms with E-state index < -0.39 is 0 Å². The van der Waals surface area contributed by atoms with Crippen LogP contribution in [0.1, 0.15) is 76.7 Å². The topological polar surface area (TPSA) is 62.4 Å². The van der Waals surface area contributed by atoms with Crippen molar-refractivity contribution in [3.8, 4) is 0 Å². The first-order chi connectivity index (χ1) is 13.9.